The van der Waals surface area contributed by atoms with E-state index in [9.17, 15) is 5.11 Å². The van der Waals surface area contributed by atoms with Gasteiger partial charge in [0.05, 0.1) is 0 Å². The van der Waals surface area contributed by atoms with Crippen molar-refractivity contribution < 1.29 is 5.11 Å². The fraction of sp³-hybridized carbons (Fsp3) is 0.438. The minimum Gasteiger partial charge on any atom is -0.380 e. The normalized spacial score (nSPS) is 16.6. The van der Waals surface area contributed by atoms with Crippen LogP contribution in [0.2, 0.25) is 0 Å². The maximum Gasteiger partial charge on any atom is 0.117 e. The summed E-state index contributed by atoms with van der Waals surface area (Å²) in [6.45, 7) is 10.1. The molecule has 1 saturated heterocycles. The SMILES string of the molecule is CC(C)c1ccc(C(C)CCCN2CCC(C(O)(c3ccccc3)c3ccccc3)CC2)cc1. The highest BCUT2D eigenvalue weighted by molar-refractivity contribution is 5.37. The van der Waals surface area contributed by atoms with Crippen LogP contribution in [0.3, 0.4) is 0 Å². The zero-order valence-electron chi connectivity index (χ0n) is 21.2. The largest absolute Gasteiger partial charge is 0.380 e. The highest BCUT2D eigenvalue weighted by Gasteiger charge is 2.41. The van der Waals surface area contributed by atoms with E-state index in [1.54, 1.807) is 0 Å². The molecular weight excluding hydrogens is 414 g/mol. The Hall–Kier alpha value is -2.42. The Bertz CT molecular complexity index is 949. The lowest BCUT2D eigenvalue weighted by atomic mass is 9.72. The smallest absolute Gasteiger partial charge is 0.117 e. The molecule has 1 aliphatic rings. The summed E-state index contributed by atoms with van der Waals surface area (Å²) >= 11 is 0. The van der Waals surface area contributed by atoms with E-state index in [-0.39, 0.29) is 5.92 Å². The van der Waals surface area contributed by atoms with Gasteiger partial charge in [0.25, 0.3) is 0 Å². The predicted octanol–water partition coefficient (Wildman–Crippen LogP) is 7.34. The first kappa shape index (κ1) is 24.7. The van der Waals surface area contributed by atoms with Gasteiger partial charge in [-0.15, -0.1) is 0 Å². The van der Waals surface area contributed by atoms with E-state index in [4.69, 9.17) is 0 Å². The molecule has 3 aromatic carbocycles. The molecule has 1 fully saturated rings. The Kier molecular flexibility index (Phi) is 8.24. The molecule has 2 heteroatoms. The van der Waals surface area contributed by atoms with Crippen molar-refractivity contribution in [2.45, 2.75) is 63.9 Å². The van der Waals surface area contributed by atoms with Gasteiger partial charge in [-0.2, -0.15) is 0 Å². The lowest BCUT2D eigenvalue weighted by Gasteiger charge is -2.42. The number of rotatable bonds is 9. The zero-order valence-corrected chi connectivity index (χ0v) is 21.2. The maximum absolute atomic E-state index is 12.1. The van der Waals surface area contributed by atoms with Crippen LogP contribution in [0.1, 0.15) is 80.5 Å². The number of piperidine rings is 1. The molecule has 4 rings (SSSR count). The average molecular weight is 456 g/mol. The molecule has 180 valence electrons. The van der Waals surface area contributed by atoms with E-state index >= 15 is 0 Å². The Balaban J connectivity index is 1.32. The van der Waals surface area contributed by atoms with Crippen LogP contribution in [0.4, 0.5) is 0 Å². The lowest BCUT2D eigenvalue weighted by Crippen LogP contribution is -2.44. The molecule has 2 nitrogen and oxygen atoms in total. The zero-order chi connectivity index (χ0) is 24.0. The van der Waals surface area contributed by atoms with Crippen molar-refractivity contribution in [1.29, 1.82) is 0 Å². The molecule has 0 amide bonds. The van der Waals surface area contributed by atoms with E-state index in [1.165, 1.54) is 24.0 Å². The molecule has 0 aliphatic carbocycles. The molecule has 1 heterocycles. The van der Waals surface area contributed by atoms with Gasteiger partial charge in [0.15, 0.2) is 0 Å². The molecule has 0 bridgehead atoms. The van der Waals surface area contributed by atoms with Crippen LogP contribution in [0, 0.1) is 5.92 Å². The Morgan fingerprint density at radius 2 is 1.26 bits per heavy atom. The van der Waals surface area contributed by atoms with Crippen molar-refractivity contribution in [3.63, 3.8) is 0 Å². The van der Waals surface area contributed by atoms with Gasteiger partial charge in [0, 0.05) is 0 Å². The second-order valence-electron chi connectivity index (χ2n) is 10.5. The van der Waals surface area contributed by atoms with Crippen LogP contribution in [-0.2, 0) is 5.60 Å². The summed E-state index contributed by atoms with van der Waals surface area (Å²) in [7, 11) is 0. The van der Waals surface area contributed by atoms with Gasteiger partial charge >= 0.3 is 0 Å². The highest BCUT2D eigenvalue weighted by atomic mass is 16.3. The highest BCUT2D eigenvalue weighted by Crippen LogP contribution is 2.42. The molecule has 0 spiro atoms. The Labute approximate surface area is 206 Å². The standard InChI is InChI=1S/C32H41NO/c1-25(2)27-16-18-28(19-17-27)26(3)11-10-22-33-23-20-31(21-24-33)32(34,29-12-6-4-7-13-29)30-14-8-5-9-15-30/h4-9,12-19,25-26,31,34H,10-11,20-24H2,1-3H3. The number of hydrogen-bond acceptors (Lipinski definition) is 2. The second-order valence-corrected chi connectivity index (χ2v) is 10.5. The maximum atomic E-state index is 12.1. The minimum absolute atomic E-state index is 0.229. The summed E-state index contributed by atoms with van der Waals surface area (Å²) < 4.78 is 0. The summed E-state index contributed by atoms with van der Waals surface area (Å²) in [5, 5.41) is 12.1. The first-order valence-electron chi connectivity index (χ1n) is 13.1. The van der Waals surface area contributed by atoms with Crippen LogP contribution >= 0.6 is 0 Å². The van der Waals surface area contributed by atoms with Crippen LogP contribution in [0.15, 0.2) is 84.9 Å². The van der Waals surface area contributed by atoms with Crippen LogP contribution in [0.5, 0.6) is 0 Å². The van der Waals surface area contributed by atoms with Crippen LogP contribution < -0.4 is 0 Å². The van der Waals surface area contributed by atoms with Crippen LogP contribution in [0.25, 0.3) is 0 Å². The second kappa shape index (κ2) is 11.3. The molecule has 0 saturated carbocycles. The van der Waals surface area contributed by atoms with E-state index in [2.05, 4.69) is 74.2 Å². The molecule has 3 aromatic rings. The number of hydrogen-bond donors (Lipinski definition) is 1. The molecule has 0 radical (unpaired) electrons. The van der Waals surface area contributed by atoms with E-state index in [0.717, 1.165) is 43.6 Å². The molecule has 1 aliphatic heterocycles. The van der Waals surface area contributed by atoms with Crippen molar-refractivity contribution in [2.24, 2.45) is 5.92 Å². The lowest BCUT2D eigenvalue weighted by molar-refractivity contribution is -0.0143. The summed E-state index contributed by atoms with van der Waals surface area (Å²) in [4.78, 5) is 2.60. The van der Waals surface area contributed by atoms with Gasteiger partial charge in [-0.1, -0.05) is 106 Å². The number of benzene rings is 3. The Morgan fingerprint density at radius 3 is 1.76 bits per heavy atom. The van der Waals surface area contributed by atoms with Crippen molar-refractivity contribution >= 4 is 0 Å². The Morgan fingerprint density at radius 1 is 0.765 bits per heavy atom. The minimum atomic E-state index is -0.925. The fourth-order valence-electron chi connectivity index (χ4n) is 5.59. The summed E-state index contributed by atoms with van der Waals surface area (Å²) in [5.41, 5.74) is 3.98. The summed E-state index contributed by atoms with van der Waals surface area (Å²) in [6.07, 6.45) is 4.48. The number of nitrogens with zero attached hydrogens (tertiary/aromatic N) is 1. The number of aliphatic hydroxyl groups is 1. The molecule has 0 aromatic heterocycles. The third-order valence-corrected chi connectivity index (χ3v) is 7.89. The predicted molar refractivity (Wildman–Crippen MR) is 143 cm³/mol. The van der Waals surface area contributed by atoms with Gasteiger partial charge in [0.2, 0.25) is 0 Å². The van der Waals surface area contributed by atoms with Crippen molar-refractivity contribution in [2.75, 3.05) is 19.6 Å². The third kappa shape index (κ3) is 5.62. The van der Waals surface area contributed by atoms with E-state index in [1.807, 2.05) is 36.4 Å². The molecular formula is C32H41NO. The monoisotopic (exact) mass is 455 g/mol. The van der Waals surface area contributed by atoms with Gasteiger partial charge in [-0.05, 0) is 85.3 Å². The van der Waals surface area contributed by atoms with E-state index in [0.29, 0.717) is 11.8 Å². The summed E-state index contributed by atoms with van der Waals surface area (Å²) in [6, 6.07) is 29.7. The molecule has 1 N–H and O–H groups in total. The third-order valence-electron chi connectivity index (χ3n) is 7.89. The molecule has 1 unspecified atom stereocenters. The molecule has 1 atom stereocenters. The van der Waals surface area contributed by atoms with Gasteiger partial charge in [-0.25, -0.2) is 0 Å². The van der Waals surface area contributed by atoms with Crippen LogP contribution in [-0.4, -0.2) is 29.6 Å². The average Bonchev–Trinajstić information content (AvgIpc) is 2.89. The quantitative estimate of drug-likeness (QED) is 0.365. The summed E-state index contributed by atoms with van der Waals surface area (Å²) in [5.74, 6) is 1.42. The van der Waals surface area contributed by atoms with Gasteiger partial charge < -0.3 is 10.0 Å². The van der Waals surface area contributed by atoms with Gasteiger partial charge in [0.1, 0.15) is 5.60 Å². The van der Waals surface area contributed by atoms with Crippen molar-refractivity contribution in [3.05, 3.63) is 107 Å². The van der Waals surface area contributed by atoms with Crippen molar-refractivity contribution in [3.8, 4) is 0 Å². The van der Waals surface area contributed by atoms with Gasteiger partial charge in [-0.3, -0.25) is 0 Å². The van der Waals surface area contributed by atoms with E-state index < -0.39 is 5.60 Å². The first-order chi connectivity index (χ1) is 16.5. The first-order valence-corrected chi connectivity index (χ1v) is 13.1. The number of likely N-dealkylation sites (tertiary alicyclic amines) is 1. The van der Waals surface area contributed by atoms with Crippen molar-refractivity contribution in [1.82, 2.24) is 4.90 Å². The topological polar surface area (TPSA) is 23.5 Å². The molecule has 34 heavy (non-hydrogen) atoms. The fourth-order valence-corrected chi connectivity index (χ4v) is 5.59.